The Labute approximate surface area is 193 Å². The summed E-state index contributed by atoms with van der Waals surface area (Å²) in [5.41, 5.74) is 5.47. The number of rotatable bonds is 4. The molecule has 33 heavy (non-hydrogen) atoms. The third kappa shape index (κ3) is 4.06. The molecule has 7 heteroatoms. The fourth-order valence-electron chi connectivity index (χ4n) is 4.50. The minimum absolute atomic E-state index is 0.0110. The molecule has 0 atom stereocenters. The molecule has 4 aromatic rings. The monoisotopic (exact) mass is 441 g/mol. The highest BCUT2D eigenvalue weighted by Gasteiger charge is 2.30. The smallest absolute Gasteiger partial charge is 0.263 e. The molecule has 2 aromatic heterocycles. The summed E-state index contributed by atoms with van der Waals surface area (Å²) >= 11 is 0. The number of aromatic nitrogens is 3. The normalized spacial score (nSPS) is 14.6. The summed E-state index contributed by atoms with van der Waals surface area (Å²) in [6, 6.07) is 16.2. The third-order valence-electron chi connectivity index (χ3n) is 6.44. The number of amides is 1. The third-order valence-corrected chi connectivity index (χ3v) is 6.44. The van der Waals surface area contributed by atoms with Crippen LogP contribution >= 0.6 is 0 Å². The van der Waals surface area contributed by atoms with Gasteiger partial charge >= 0.3 is 0 Å². The molecule has 2 aromatic carbocycles. The summed E-state index contributed by atoms with van der Waals surface area (Å²) in [6.45, 7) is 5.57. The van der Waals surface area contributed by atoms with Crippen molar-refractivity contribution in [3.05, 3.63) is 66.0 Å². The largest absolute Gasteiger partial charge is 0.356 e. The van der Waals surface area contributed by atoms with Gasteiger partial charge in [-0.3, -0.25) is 4.79 Å². The van der Waals surface area contributed by atoms with Gasteiger partial charge in [0.05, 0.1) is 0 Å². The number of benzene rings is 2. The first-order valence-electron chi connectivity index (χ1n) is 11.3. The van der Waals surface area contributed by atoms with E-state index in [1.807, 2.05) is 50.4 Å². The molecular weight excluding hydrogens is 414 g/mol. The van der Waals surface area contributed by atoms with Crippen molar-refractivity contribution in [3.8, 4) is 11.3 Å². The van der Waals surface area contributed by atoms with Crippen molar-refractivity contribution in [1.29, 1.82) is 0 Å². The van der Waals surface area contributed by atoms with E-state index in [0.29, 0.717) is 5.71 Å². The molecule has 0 spiro atoms. The lowest BCUT2D eigenvalue weighted by Gasteiger charge is -2.34. The number of nitrogens with zero attached hydrogens (tertiary/aromatic N) is 5. The maximum absolute atomic E-state index is 13.1. The maximum atomic E-state index is 13.1. The molecule has 0 N–H and O–H groups in total. The van der Waals surface area contributed by atoms with Gasteiger partial charge < -0.3 is 14.3 Å². The van der Waals surface area contributed by atoms with Crippen LogP contribution in [0.3, 0.4) is 0 Å². The van der Waals surface area contributed by atoms with Gasteiger partial charge in [-0.25, -0.2) is 4.98 Å². The van der Waals surface area contributed by atoms with Gasteiger partial charge in [-0.15, -0.1) is 0 Å². The quantitative estimate of drug-likeness (QED) is 0.454. The van der Waals surface area contributed by atoms with Crippen LogP contribution in [-0.2, 0) is 4.79 Å². The Morgan fingerprint density at radius 1 is 1.03 bits per heavy atom. The van der Waals surface area contributed by atoms with E-state index < -0.39 is 0 Å². The fourth-order valence-corrected chi connectivity index (χ4v) is 4.50. The summed E-state index contributed by atoms with van der Waals surface area (Å²) in [6.07, 6.45) is 3.06. The van der Waals surface area contributed by atoms with E-state index in [1.165, 1.54) is 11.9 Å². The van der Waals surface area contributed by atoms with E-state index in [0.717, 1.165) is 59.6 Å². The molecule has 0 aliphatic carbocycles. The predicted molar refractivity (Wildman–Crippen MR) is 129 cm³/mol. The second kappa shape index (κ2) is 8.65. The highest BCUT2D eigenvalue weighted by Crippen LogP contribution is 2.35. The molecule has 0 radical (unpaired) electrons. The Bertz CT molecular complexity index is 1290. The summed E-state index contributed by atoms with van der Waals surface area (Å²) in [5, 5.41) is 5.12. The molecule has 1 amide bonds. The molecule has 0 saturated carbocycles. The molecule has 1 fully saturated rings. The van der Waals surface area contributed by atoms with Crippen molar-refractivity contribution in [2.75, 3.05) is 29.9 Å². The minimum atomic E-state index is -0.0110. The Morgan fingerprint density at radius 3 is 2.52 bits per heavy atom. The Balaban J connectivity index is 1.36. The summed E-state index contributed by atoms with van der Waals surface area (Å²) in [7, 11) is 1.86. The second-order valence-corrected chi connectivity index (χ2v) is 8.77. The number of piperidine rings is 1. The Hall–Kier alpha value is -3.74. The zero-order valence-electron chi connectivity index (χ0n) is 19.2. The SMILES string of the molecule is Cc1ccc(-c2noc3ncnc(N4CCC(C(=O)N(C)c5cccc(C)c5)CC4)c23)cc1. The molecule has 1 aliphatic rings. The molecule has 0 unspecified atom stereocenters. The van der Waals surface area contributed by atoms with Crippen LogP contribution in [0.25, 0.3) is 22.4 Å². The topological polar surface area (TPSA) is 75.4 Å². The number of hydrogen-bond donors (Lipinski definition) is 0. The van der Waals surface area contributed by atoms with Crippen LogP contribution in [0.1, 0.15) is 24.0 Å². The zero-order chi connectivity index (χ0) is 22.9. The van der Waals surface area contributed by atoms with E-state index in [4.69, 9.17) is 4.52 Å². The number of carbonyl (C=O) groups is 1. The van der Waals surface area contributed by atoms with E-state index in [-0.39, 0.29) is 11.8 Å². The lowest BCUT2D eigenvalue weighted by molar-refractivity contribution is -0.122. The predicted octanol–water partition coefficient (Wildman–Crippen LogP) is 4.78. The first kappa shape index (κ1) is 21.1. The van der Waals surface area contributed by atoms with Crippen LogP contribution in [0.5, 0.6) is 0 Å². The van der Waals surface area contributed by atoms with Crippen LogP contribution in [-0.4, -0.2) is 41.2 Å². The van der Waals surface area contributed by atoms with Crippen LogP contribution in [0.4, 0.5) is 11.5 Å². The van der Waals surface area contributed by atoms with Crippen molar-refractivity contribution in [2.24, 2.45) is 5.92 Å². The molecule has 3 heterocycles. The number of fused-ring (bicyclic) bond motifs is 1. The minimum Gasteiger partial charge on any atom is -0.356 e. The van der Waals surface area contributed by atoms with Crippen molar-refractivity contribution >= 4 is 28.5 Å². The van der Waals surface area contributed by atoms with E-state index in [9.17, 15) is 4.79 Å². The molecular formula is C26H27N5O2. The van der Waals surface area contributed by atoms with Crippen molar-refractivity contribution < 1.29 is 9.32 Å². The van der Waals surface area contributed by atoms with Crippen LogP contribution in [0.2, 0.25) is 0 Å². The number of aryl methyl sites for hydroxylation is 2. The average Bonchev–Trinajstić information content (AvgIpc) is 3.28. The Morgan fingerprint density at radius 2 is 1.79 bits per heavy atom. The van der Waals surface area contributed by atoms with Crippen LogP contribution in [0.15, 0.2) is 59.4 Å². The van der Waals surface area contributed by atoms with Gasteiger partial charge in [-0.05, 0) is 44.4 Å². The van der Waals surface area contributed by atoms with Crippen molar-refractivity contribution in [3.63, 3.8) is 0 Å². The molecule has 7 nitrogen and oxygen atoms in total. The van der Waals surface area contributed by atoms with Gasteiger partial charge in [0.15, 0.2) is 0 Å². The molecule has 1 saturated heterocycles. The lowest BCUT2D eigenvalue weighted by atomic mass is 9.94. The molecule has 0 bridgehead atoms. The second-order valence-electron chi connectivity index (χ2n) is 8.77. The molecule has 1 aliphatic heterocycles. The van der Waals surface area contributed by atoms with E-state index in [1.54, 1.807) is 4.90 Å². The van der Waals surface area contributed by atoms with E-state index >= 15 is 0 Å². The van der Waals surface area contributed by atoms with Crippen LogP contribution in [0, 0.1) is 19.8 Å². The number of carbonyl (C=O) groups excluding carboxylic acids is 1. The first-order valence-corrected chi connectivity index (χ1v) is 11.3. The summed E-state index contributed by atoms with van der Waals surface area (Å²) in [5.74, 6) is 0.969. The van der Waals surface area contributed by atoms with Gasteiger partial charge in [-0.2, -0.15) is 4.98 Å². The van der Waals surface area contributed by atoms with Gasteiger partial charge in [-0.1, -0.05) is 47.1 Å². The van der Waals surface area contributed by atoms with Gasteiger partial charge in [0.25, 0.3) is 5.71 Å². The van der Waals surface area contributed by atoms with Gasteiger partial charge in [0.1, 0.15) is 23.2 Å². The number of hydrogen-bond acceptors (Lipinski definition) is 6. The fraction of sp³-hybridized carbons (Fsp3) is 0.308. The standard InChI is InChI=1S/C26H27N5O2/c1-17-7-9-19(10-8-17)23-22-24(27-16-28-25(22)33-29-23)31-13-11-20(12-14-31)26(32)30(3)21-6-4-5-18(2)15-21/h4-10,15-16,20H,11-14H2,1-3H3. The van der Waals surface area contributed by atoms with Gasteiger partial charge in [0, 0.05) is 37.3 Å². The van der Waals surface area contributed by atoms with Crippen LogP contribution < -0.4 is 9.80 Å². The van der Waals surface area contributed by atoms with Gasteiger partial charge in [0.2, 0.25) is 5.91 Å². The summed E-state index contributed by atoms with van der Waals surface area (Å²) in [4.78, 5) is 26.0. The Kier molecular flexibility index (Phi) is 5.54. The van der Waals surface area contributed by atoms with Crippen molar-refractivity contribution in [2.45, 2.75) is 26.7 Å². The molecule has 5 rings (SSSR count). The highest BCUT2D eigenvalue weighted by molar-refractivity contribution is 5.98. The van der Waals surface area contributed by atoms with Crippen molar-refractivity contribution in [1.82, 2.24) is 15.1 Å². The lowest BCUT2D eigenvalue weighted by Crippen LogP contribution is -2.41. The number of anilines is 2. The highest BCUT2D eigenvalue weighted by atomic mass is 16.5. The first-order chi connectivity index (χ1) is 16.0. The molecule has 168 valence electrons. The van der Waals surface area contributed by atoms with E-state index in [2.05, 4.69) is 39.1 Å². The average molecular weight is 442 g/mol. The maximum Gasteiger partial charge on any atom is 0.263 e. The zero-order valence-corrected chi connectivity index (χ0v) is 19.2. The summed E-state index contributed by atoms with van der Waals surface area (Å²) < 4.78 is 5.53.